The van der Waals surface area contributed by atoms with Gasteiger partial charge in [-0.05, 0) is 13.8 Å². The molecule has 1 saturated heterocycles. The van der Waals surface area contributed by atoms with Gasteiger partial charge in [0.2, 0.25) is 10.0 Å². The molecule has 1 aromatic rings. The highest BCUT2D eigenvalue weighted by molar-refractivity contribution is 7.90. The number of sulfonamides is 1. The topological polar surface area (TPSA) is 92.6 Å². The Balaban J connectivity index is 2.07. The molecule has 1 aliphatic heterocycles. The maximum Gasteiger partial charge on any atom is 0.246 e. The van der Waals surface area contributed by atoms with E-state index in [4.69, 9.17) is 0 Å². The fourth-order valence-electron chi connectivity index (χ4n) is 2.74. The van der Waals surface area contributed by atoms with Gasteiger partial charge in [-0.15, -0.1) is 0 Å². The van der Waals surface area contributed by atoms with E-state index in [1.807, 2.05) is 4.90 Å². The highest BCUT2D eigenvalue weighted by Crippen LogP contribution is 2.23. The SMILES string of the molecule is Cc1nn(C)c(C)c1S(=O)(=O)N1CCN(CCS(C)(=O)=O)CC1. The van der Waals surface area contributed by atoms with Gasteiger partial charge in [0.15, 0.2) is 0 Å². The number of aryl methyl sites for hydroxylation is 2. The zero-order valence-electron chi connectivity index (χ0n) is 14.0. The molecule has 0 saturated carbocycles. The molecule has 0 N–H and O–H groups in total. The summed E-state index contributed by atoms with van der Waals surface area (Å²) in [7, 11) is -4.84. The first-order valence-corrected chi connectivity index (χ1v) is 10.9. The zero-order valence-corrected chi connectivity index (χ0v) is 15.6. The highest BCUT2D eigenvalue weighted by atomic mass is 32.2. The predicted molar refractivity (Wildman–Crippen MR) is 87.6 cm³/mol. The largest absolute Gasteiger partial charge is 0.300 e. The van der Waals surface area contributed by atoms with Crippen molar-refractivity contribution < 1.29 is 16.8 Å². The Bertz CT molecular complexity index is 775. The van der Waals surface area contributed by atoms with E-state index in [1.54, 1.807) is 25.6 Å². The Kier molecular flexibility index (Phi) is 5.19. The van der Waals surface area contributed by atoms with Crippen molar-refractivity contribution >= 4 is 19.9 Å². The van der Waals surface area contributed by atoms with Crippen LogP contribution in [0.2, 0.25) is 0 Å². The van der Waals surface area contributed by atoms with Gasteiger partial charge in [0, 0.05) is 46.0 Å². The summed E-state index contributed by atoms with van der Waals surface area (Å²) in [5.41, 5.74) is 1.13. The summed E-state index contributed by atoms with van der Waals surface area (Å²) in [5, 5.41) is 4.18. The molecule has 1 aliphatic rings. The summed E-state index contributed by atoms with van der Waals surface area (Å²) in [5.74, 6) is 0.0978. The third kappa shape index (κ3) is 4.11. The number of piperazine rings is 1. The Hall–Kier alpha value is -0.970. The molecule has 2 heterocycles. The second-order valence-electron chi connectivity index (χ2n) is 6.00. The smallest absolute Gasteiger partial charge is 0.246 e. The van der Waals surface area contributed by atoms with E-state index >= 15 is 0 Å². The monoisotopic (exact) mass is 364 g/mol. The first-order valence-electron chi connectivity index (χ1n) is 7.43. The van der Waals surface area contributed by atoms with Gasteiger partial charge in [-0.2, -0.15) is 9.40 Å². The van der Waals surface area contributed by atoms with Crippen molar-refractivity contribution in [1.82, 2.24) is 19.0 Å². The molecule has 2 rings (SSSR count). The number of aromatic nitrogens is 2. The highest BCUT2D eigenvalue weighted by Gasteiger charge is 2.32. The zero-order chi connectivity index (χ0) is 17.4. The van der Waals surface area contributed by atoms with E-state index < -0.39 is 19.9 Å². The molecule has 23 heavy (non-hydrogen) atoms. The third-order valence-electron chi connectivity index (χ3n) is 4.15. The lowest BCUT2D eigenvalue weighted by Crippen LogP contribution is -2.49. The number of hydrogen-bond donors (Lipinski definition) is 0. The van der Waals surface area contributed by atoms with Crippen LogP contribution in [0.15, 0.2) is 4.90 Å². The molecule has 0 aromatic carbocycles. The van der Waals surface area contributed by atoms with Gasteiger partial charge in [0.25, 0.3) is 0 Å². The molecule has 132 valence electrons. The van der Waals surface area contributed by atoms with Crippen LogP contribution < -0.4 is 0 Å². The Labute approximate surface area is 138 Å². The average Bonchev–Trinajstić information content (AvgIpc) is 2.70. The van der Waals surface area contributed by atoms with Crippen molar-refractivity contribution in [3.05, 3.63) is 11.4 Å². The minimum atomic E-state index is -3.56. The Morgan fingerprint density at radius 1 is 1.04 bits per heavy atom. The summed E-state index contributed by atoms with van der Waals surface area (Å²) in [6.07, 6.45) is 1.21. The summed E-state index contributed by atoms with van der Waals surface area (Å²) >= 11 is 0. The number of rotatable bonds is 5. The minimum absolute atomic E-state index is 0.0978. The lowest BCUT2D eigenvalue weighted by Gasteiger charge is -2.33. The first-order chi connectivity index (χ1) is 10.5. The van der Waals surface area contributed by atoms with Gasteiger partial charge < -0.3 is 0 Å². The number of hydrogen-bond acceptors (Lipinski definition) is 6. The van der Waals surface area contributed by atoms with Crippen LogP contribution in [0.1, 0.15) is 11.4 Å². The Morgan fingerprint density at radius 3 is 2.04 bits per heavy atom. The van der Waals surface area contributed by atoms with E-state index in [0.717, 1.165) is 0 Å². The van der Waals surface area contributed by atoms with Crippen LogP contribution >= 0.6 is 0 Å². The van der Waals surface area contributed by atoms with Crippen LogP contribution in [-0.4, -0.2) is 80.6 Å². The van der Waals surface area contributed by atoms with E-state index in [9.17, 15) is 16.8 Å². The van der Waals surface area contributed by atoms with Crippen molar-refractivity contribution in [1.29, 1.82) is 0 Å². The van der Waals surface area contributed by atoms with Crippen LogP contribution in [0.25, 0.3) is 0 Å². The lowest BCUT2D eigenvalue weighted by atomic mass is 10.4. The molecular formula is C13H24N4O4S2. The summed E-state index contributed by atoms with van der Waals surface area (Å²) in [6, 6.07) is 0. The van der Waals surface area contributed by atoms with E-state index in [-0.39, 0.29) is 10.6 Å². The third-order valence-corrected chi connectivity index (χ3v) is 7.23. The van der Waals surface area contributed by atoms with Gasteiger partial charge in [0.1, 0.15) is 14.7 Å². The second kappa shape index (κ2) is 6.50. The van der Waals surface area contributed by atoms with Gasteiger partial charge in [-0.1, -0.05) is 0 Å². The van der Waals surface area contributed by atoms with Crippen molar-refractivity contribution in [2.75, 3.05) is 44.7 Å². The first kappa shape index (κ1) is 18.4. The molecule has 8 nitrogen and oxygen atoms in total. The molecule has 0 aliphatic carbocycles. The summed E-state index contributed by atoms with van der Waals surface area (Å²) < 4.78 is 51.1. The van der Waals surface area contributed by atoms with Gasteiger partial charge in [-0.25, -0.2) is 16.8 Å². The van der Waals surface area contributed by atoms with E-state index in [1.165, 1.54) is 10.6 Å². The molecule has 0 atom stereocenters. The molecule has 1 fully saturated rings. The van der Waals surface area contributed by atoms with Crippen LogP contribution in [-0.2, 0) is 26.9 Å². The van der Waals surface area contributed by atoms with Crippen LogP contribution in [0.5, 0.6) is 0 Å². The van der Waals surface area contributed by atoms with Gasteiger partial charge in [0.05, 0.1) is 17.1 Å². The lowest BCUT2D eigenvalue weighted by molar-refractivity contribution is 0.197. The maximum atomic E-state index is 12.8. The summed E-state index contributed by atoms with van der Waals surface area (Å²) in [4.78, 5) is 2.26. The van der Waals surface area contributed by atoms with Crippen LogP contribution in [0, 0.1) is 13.8 Å². The van der Waals surface area contributed by atoms with E-state index in [2.05, 4.69) is 5.10 Å². The Morgan fingerprint density at radius 2 is 1.61 bits per heavy atom. The second-order valence-corrected chi connectivity index (χ2v) is 10.1. The molecule has 0 bridgehead atoms. The van der Waals surface area contributed by atoms with Gasteiger partial charge >= 0.3 is 0 Å². The molecule has 10 heteroatoms. The van der Waals surface area contributed by atoms with Crippen molar-refractivity contribution in [2.45, 2.75) is 18.7 Å². The molecule has 0 unspecified atom stereocenters. The molecule has 1 aromatic heterocycles. The van der Waals surface area contributed by atoms with Crippen LogP contribution in [0.3, 0.4) is 0 Å². The fraction of sp³-hybridized carbons (Fsp3) is 0.769. The fourth-order valence-corrected chi connectivity index (χ4v) is 5.16. The quantitative estimate of drug-likeness (QED) is 0.692. The minimum Gasteiger partial charge on any atom is -0.300 e. The van der Waals surface area contributed by atoms with E-state index in [0.29, 0.717) is 44.1 Å². The molecule has 0 amide bonds. The normalized spacial score (nSPS) is 18.4. The molecule has 0 radical (unpaired) electrons. The predicted octanol–water partition coefficient (Wildman–Crippen LogP) is -0.612. The number of nitrogens with zero attached hydrogens (tertiary/aromatic N) is 4. The molecule has 0 spiro atoms. The maximum absolute atomic E-state index is 12.8. The standard InChI is InChI=1S/C13H24N4O4S2/c1-11-13(12(2)15(3)14-11)23(20,21)17-7-5-16(6-8-17)9-10-22(4,18)19/h5-10H2,1-4H3. The number of sulfone groups is 1. The van der Waals surface area contributed by atoms with Crippen molar-refractivity contribution in [2.24, 2.45) is 7.05 Å². The van der Waals surface area contributed by atoms with Crippen molar-refractivity contribution in [3.8, 4) is 0 Å². The van der Waals surface area contributed by atoms with Crippen molar-refractivity contribution in [3.63, 3.8) is 0 Å². The summed E-state index contributed by atoms with van der Waals surface area (Å²) in [6.45, 7) is 5.68. The van der Waals surface area contributed by atoms with Gasteiger partial charge in [-0.3, -0.25) is 9.58 Å². The average molecular weight is 364 g/mol. The van der Waals surface area contributed by atoms with Crippen LogP contribution in [0.4, 0.5) is 0 Å². The molecular weight excluding hydrogens is 340 g/mol.